The second-order valence-corrected chi connectivity index (χ2v) is 3.96. The van der Waals surface area contributed by atoms with Gasteiger partial charge in [0.1, 0.15) is 17.7 Å². The minimum atomic E-state index is -0.655. The predicted octanol–water partition coefficient (Wildman–Crippen LogP) is 1.76. The molecule has 1 amide bonds. The van der Waals surface area contributed by atoms with Crippen molar-refractivity contribution in [3.8, 4) is 0 Å². The van der Waals surface area contributed by atoms with Crippen molar-refractivity contribution in [1.29, 1.82) is 0 Å². The van der Waals surface area contributed by atoms with Crippen molar-refractivity contribution < 1.29 is 18.3 Å². The van der Waals surface area contributed by atoms with Crippen LogP contribution in [0.2, 0.25) is 0 Å². The minimum Gasteiger partial charge on any atom is -0.368 e. The highest BCUT2D eigenvalue weighted by atomic mass is 19.1. The monoisotopic (exact) mass is 241 g/mol. The topological polar surface area (TPSA) is 38.3 Å². The number of hydrogen-bond acceptors (Lipinski definition) is 2. The zero-order valence-electron chi connectivity index (χ0n) is 9.21. The van der Waals surface area contributed by atoms with Crippen LogP contribution in [0.5, 0.6) is 0 Å². The van der Waals surface area contributed by atoms with Crippen LogP contribution in [0.3, 0.4) is 0 Å². The first-order valence-electron chi connectivity index (χ1n) is 5.50. The summed E-state index contributed by atoms with van der Waals surface area (Å²) in [6.07, 6.45) is 1.12. The van der Waals surface area contributed by atoms with Gasteiger partial charge in [0.15, 0.2) is 0 Å². The average molecular weight is 241 g/mol. The summed E-state index contributed by atoms with van der Waals surface area (Å²) in [6.45, 7) is 0.633. The van der Waals surface area contributed by atoms with Crippen LogP contribution in [0.1, 0.15) is 18.4 Å². The summed E-state index contributed by atoms with van der Waals surface area (Å²) < 4.78 is 31.1. The lowest BCUT2D eigenvalue weighted by atomic mass is 10.2. The number of halogens is 2. The van der Waals surface area contributed by atoms with Crippen LogP contribution in [0, 0.1) is 11.6 Å². The summed E-state index contributed by atoms with van der Waals surface area (Å²) in [5, 5.41) is 2.57. The van der Waals surface area contributed by atoms with Crippen molar-refractivity contribution >= 4 is 5.91 Å². The van der Waals surface area contributed by atoms with E-state index in [9.17, 15) is 13.6 Å². The smallest absolute Gasteiger partial charge is 0.249 e. The third-order valence-electron chi connectivity index (χ3n) is 2.69. The molecular formula is C12H13F2NO2. The molecule has 92 valence electrons. The third-order valence-corrected chi connectivity index (χ3v) is 2.69. The number of carbonyl (C=O) groups excluding carboxylic acids is 1. The molecule has 1 aromatic carbocycles. The Balaban J connectivity index is 1.90. The first-order valence-corrected chi connectivity index (χ1v) is 5.50. The summed E-state index contributed by atoms with van der Waals surface area (Å²) in [7, 11) is 0. The van der Waals surface area contributed by atoms with Crippen molar-refractivity contribution in [1.82, 2.24) is 5.32 Å². The largest absolute Gasteiger partial charge is 0.368 e. The molecule has 1 aliphatic rings. The molecule has 17 heavy (non-hydrogen) atoms. The maximum Gasteiger partial charge on any atom is 0.249 e. The lowest BCUT2D eigenvalue weighted by Crippen LogP contribution is -2.33. The lowest BCUT2D eigenvalue weighted by Gasteiger charge is -2.10. The highest BCUT2D eigenvalue weighted by Gasteiger charge is 2.23. The maximum atomic E-state index is 13.3. The molecular weight excluding hydrogens is 228 g/mol. The van der Waals surface area contributed by atoms with Crippen molar-refractivity contribution in [3.05, 3.63) is 35.4 Å². The van der Waals surface area contributed by atoms with Gasteiger partial charge in [-0.25, -0.2) is 8.78 Å². The molecule has 0 aliphatic carbocycles. The molecule has 0 spiro atoms. The van der Waals surface area contributed by atoms with Gasteiger partial charge in [-0.2, -0.15) is 0 Å². The molecule has 1 atom stereocenters. The predicted molar refractivity (Wildman–Crippen MR) is 57.2 cm³/mol. The van der Waals surface area contributed by atoms with Crippen molar-refractivity contribution in [2.75, 3.05) is 6.61 Å². The van der Waals surface area contributed by atoms with E-state index in [2.05, 4.69) is 5.32 Å². The number of rotatable bonds is 3. The Morgan fingerprint density at radius 1 is 1.47 bits per heavy atom. The molecule has 0 radical (unpaired) electrons. The van der Waals surface area contributed by atoms with Gasteiger partial charge in [-0.3, -0.25) is 4.79 Å². The Bertz CT molecular complexity index is 417. The number of hydrogen-bond donors (Lipinski definition) is 1. The molecule has 0 bridgehead atoms. The van der Waals surface area contributed by atoms with Gasteiger partial charge in [0.2, 0.25) is 5.91 Å². The van der Waals surface area contributed by atoms with Crippen LogP contribution in [-0.2, 0) is 16.1 Å². The van der Waals surface area contributed by atoms with E-state index in [1.807, 2.05) is 0 Å². The number of benzene rings is 1. The molecule has 1 heterocycles. The van der Waals surface area contributed by atoms with Crippen LogP contribution in [-0.4, -0.2) is 18.6 Å². The molecule has 2 rings (SSSR count). The van der Waals surface area contributed by atoms with Crippen LogP contribution in [0.15, 0.2) is 18.2 Å². The van der Waals surface area contributed by atoms with Crippen LogP contribution >= 0.6 is 0 Å². The molecule has 1 aromatic rings. The van der Waals surface area contributed by atoms with E-state index < -0.39 is 17.7 Å². The Labute approximate surface area is 97.8 Å². The molecule has 1 unspecified atom stereocenters. The highest BCUT2D eigenvalue weighted by Crippen LogP contribution is 2.13. The fourth-order valence-electron chi connectivity index (χ4n) is 1.75. The van der Waals surface area contributed by atoms with Crippen LogP contribution in [0.25, 0.3) is 0 Å². The Morgan fingerprint density at radius 2 is 2.29 bits per heavy atom. The minimum absolute atomic E-state index is 0.0464. The number of nitrogens with one attached hydrogen (secondary N) is 1. The molecule has 3 nitrogen and oxygen atoms in total. The van der Waals surface area contributed by atoms with E-state index in [4.69, 9.17) is 4.74 Å². The van der Waals surface area contributed by atoms with Gasteiger partial charge >= 0.3 is 0 Å². The van der Waals surface area contributed by atoms with Gasteiger partial charge in [-0.1, -0.05) is 6.07 Å². The van der Waals surface area contributed by atoms with E-state index in [1.54, 1.807) is 0 Å². The zero-order chi connectivity index (χ0) is 12.3. The summed E-state index contributed by atoms with van der Waals surface area (Å²) >= 11 is 0. The van der Waals surface area contributed by atoms with Crippen LogP contribution < -0.4 is 5.32 Å². The summed E-state index contributed by atoms with van der Waals surface area (Å²) in [5.74, 6) is -1.53. The standard InChI is InChI=1S/C12H13F2NO2/c13-9-4-3-8(10(14)6-9)7-15-12(16)11-2-1-5-17-11/h3-4,6,11H,1-2,5,7H2,(H,15,16). The number of ether oxygens (including phenoxy) is 1. The van der Waals surface area contributed by atoms with Gasteiger partial charge in [0.25, 0.3) is 0 Å². The fraction of sp³-hybridized carbons (Fsp3) is 0.417. The van der Waals surface area contributed by atoms with E-state index in [-0.39, 0.29) is 18.0 Å². The number of amides is 1. The third kappa shape index (κ3) is 3.00. The van der Waals surface area contributed by atoms with Crippen molar-refractivity contribution in [2.24, 2.45) is 0 Å². The van der Waals surface area contributed by atoms with Crippen molar-refractivity contribution in [2.45, 2.75) is 25.5 Å². The fourth-order valence-corrected chi connectivity index (χ4v) is 1.75. The first-order chi connectivity index (χ1) is 8.16. The van der Waals surface area contributed by atoms with Gasteiger partial charge in [0, 0.05) is 24.8 Å². The highest BCUT2D eigenvalue weighted by molar-refractivity contribution is 5.80. The second-order valence-electron chi connectivity index (χ2n) is 3.96. The Kier molecular flexibility index (Phi) is 3.68. The molecule has 0 aromatic heterocycles. The molecule has 5 heteroatoms. The molecule has 1 N–H and O–H groups in total. The molecule has 0 saturated carbocycles. The summed E-state index contributed by atoms with van der Waals surface area (Å²) in [4.78, 5) is 11.6. The zero-order valence-corrected chi connectivity index (χ0v) is 9.21. The second kappa shape index (κ2) is 5.23. The average Bonchev–Trinajstić information content (AvgIpc) is 2.81. The van der Waals surface area contributed by atoms with Crippen molar-refractivity contribution in [3.63, 3.8) is 0 Å². The Hall–Kier alpha value is -1.49. The Morgan fingerprint density at radius 3 is 2.94 bits per heavy atom. The lowest BCUT2D eigenvalue weighted by molar-refractivity contribution is -0.130. The quantitative estimate of drug-likeness (QED) is 0.875. The molecule has 1 fully saturated rings. The first kappa shape index (κ1) is 12.0. The van der Waals surface area contributed by atoms with Gasteiger partial charge in [-0.15, -0.1) is 0 Å². The van der Waals surface area contributed by atoms with E-state index >= 15 is 0 Å². The van der Waals surface area contributed by atoms with E-state index in [1.165, 1.54) is 6.07 Å². The summed E-state index contributed by atoms with van der Waals surface area (Å²) in [5.41, 5.74) is 0.262. The summed E-state index contributed by atoms with van der Waals surface area (Å²) in [6, 6.07) is 3.28. The van der Waals surface area contributed by atoms with Gasteiger partial charge in [0.05, 0.1) is 0 Å². The molecule has 1 aliphatic heterocycles. The van der Waals surface area contributed by atoms with Crippen LogP contribution in [0.4, 0.5) is 8.78 Å². The van der Waals surface area contributed by atoms with Gasteiger partial charge in [-0.05, 0) is 18.9 Å². The maximum absolute atomic E-state index is 13.3. The molecule has 1 saturated heterocycles. The normalized spacial score (nSPS) is 19.3. The van der Waals surface area contributed by atoms with Gasteiger partial charge < -0.3 is 10.1 Å². The van der Waals surface area contributed by atoms with E-state index in [0.29, 0.717) is 13.0 Å². The van der Waals surface area contributed by atoms with E-state index in [0.717, 1.165) is 18.6 Å². The SMILES string of the molecule is O=C(NCc1ccc(F)cc1F)C1CCCO1. The number of carbonyl (C=O) groups is 1.